The van der Waals surface area contributed by atoms with Crippen LogP contribution in [0.15, 0.2) is 0 Å². The summed E-state index contributed by atoms with van der Waals surface area (Å²) in [6, 6.07) is 0.663. The molecule has 0 aliphatic carbocycles. The van der Waals surface area contributed by atoms with E-state index in [0.717, 1.165) is 45.7 Å². The van der Waals surface area contributed by atoms with E-state index >= 15 is 0 Å². The van der Waals surface area contributed by atoms with E-state index in [-0.39, 0.29) is 11.5 Å². The maximum absolute atomic E-state index is 12.2. The lowest BCUT2D eigenvalue weighted by molar-refractivity contribution is -0.150. The summed E-state index contributed by atoms with van der Waals surface area (Å²) in [5.41, 5.74) is 0.00153. The van der Waals surface area contributed by atoms with E-state index in [1.54, 1.807) is 0 Å². The van der Waals surface area contributed by atoms with Crippen LogP contribution < -0.4 is 0 Å². The van der Waals surface area contributed by atoms with E-state index < -0.39 is 0 Å². The molecule has 0 aromatic heterocycles. The van der Waals surface area contributed by atoms with Gasteiger partial charge in [0.25, 0.3) is 0 Å². The summed E-state index contributed by atoms with van der Waals surface area (Å²) in [5, 5.41) is 0. The Hall–Kier alpha value is -0.650. The molecule has 3 saturated heterocycles. The molecule has 0 aromatic rings. The smallest absolute Gasteiger partial charge is 0.307 e. The van der Waals surface area contributed by atoms with Crippen LogP contribution in [0, 0.1) is 0 Å². The number of carbonyl (C=O) groups excluding carboxylic acids is 1. The van der Waals surface area contributed by atoms with Crippen LogP contribution >= 0.6 is 0 Å². The van der Waals surface area contributed by atoms with Gasteiger partial charge in [-0.3, -0.25) is 9.69 Å². The standard InChI is InChI=1S/C16H28N2O3/c1-2-21-15(19)13-16(18-8-10-20-11-9-18)5-7-17-6-3-4-14(17)12-16/h14H,2-13H2,1H3. The van der Waals surface area contributed by atoms with Crippen molar-refractivity contribution in [2.75, 3.05) is 46.0 Å². The summed E-state index contributed by atoms with van der Waals surface area (Å²) >= 11 is 0. The van der Waals surface area contributed by atoms with Crippen LogP contribution in [0.3, 0.4) is 0 Å². The average molecular weight is 296 g/mol. The number of nitrogens with zero attached hydrogens (tertiary/aromatic N) is 2. The van der Waals surface area contributed by atoms with Gasteiger partial charge in [-0.15, -0.1) is 0 Å². The van der Waals surface area contributed by atoms with E-state index in [1.807, 2.05) is 6.92 Å². The summed E-state index contributed by atoms with van der Waals surface area (Å²) < 4.78 is 10.8. The SMILES string of the molecule is CCOC(=O)CC1(N2CCOCC2)CCN2CCCC2C1. The van der Waals surface area contributed by atoms with Crippen LogP contribution in [-0.2, 0) is 14.3 Å². The Morgan fingerprint density at radius 2 is 2.10 bits per heavy atom. The second-order valence-corrected chi connectivity index (χ2v) is 6.59. The minimum absolute atomic E-state index is 0.00153. The normalized spacial score (nSPS) is 34.6. The van der Waals surface area contributed by atoms with E-state index in [2.05, 4.69) is 9.80 Å². The second kappa shape index (κ2) is 6.63. The van der Waals surface area contributed by atoms with Gasteiger partial charge >= 0.3 is 5.97 Å². The molecule has 2 unspecified atom stereocenters. The molecule has 120 valence electrons. The number of morpholine rings is 1. The summed E-state index contributed by atoms with van der Waals surface area (Å²) in [4.78, 5) is 17.3. The molecule has 3 aliphatic rings. The fraction of sp³-hybridized carbons (Fsp3) is 0.938. The van der Waals surface area contributed by atoms with Gasteiger partial charge in [-0.05, 0) is 39.2 Å². The van der Waals surface area contributed by atoms with Gasteiger partial charge in [0.15, 0.2) is 0 Å². The van der Waals surface area contributed by atoms with Gasteiger partial charge in [0.1, 0.15) is 0 Å². The Labute approximate surface area is 127 Å². The molecule has 5 nitrogen and oxygen atoms in total. The minimum atomic E-state index is -0.0320. The molecule has 0 bridgehead atoms. The molecule has 21 heavy (non-hydrogen) atoms. The van der Waals surface area contributed by atoms with Crippen LogP contribution in [0.1, 0.15) is 39.0 Å². The van der Waals surface area contributed by atoms with Crippen molar-refractivity contribution in [1.29, 1.82) is 0 Å². The van der Waals surface area contributed by atoms with Crippen molar-refractivity contribution in [2.24, 2.45) is 0 Å². The molecule has 0 aromatic carbocycles. The topological polar surface area (TPSA) is 42.0 Å². The first-order valence-corrected chi connectivity index (χ1v) is 8.46. The molecule has 0 saturated carbocycles. The first-order chi connectivity index (χ1) is 10.2. The van der Waals surface area contributed by atoms with E-state index in [9.17, 15) is 4.79 Å². The molecular weight excluding hydrogens is 268 g/mol. The highest BCUT2D eigenvalue weighted by Gasteiger charge is 2.46. The maximum atomic E-state index is 12.2. The number of rotatable bonds is 4. The van der Waals surface area contributed by atoms with Gasteiger partial charge in [0.2, 0.25) is 0 Å². The van der Waals surface area contributed by atoms with Crippen molar-refractivity contribution >= 4 is 5.97 Å². The van der Waals surface area contributed by atoms with Gasteiger partial charge in [0, 0.05) is 31.2 Å². The van der Waals surface area contributed by atoms with Gasteiger partial charge in [-0.25, -0.2) is 0 Å². The third-order valence-electron chi connectivity index (χ3n) is 5.44. The van der Waals surface area contributed by atoms with Crippen molar-refractivity contribution < 1.29 is 14.3 Å². The minimum Gasteiger partial charge on any atom is -0.466 e. The van der Waals surface area contributed by atoms with Gasteiger partial charge < -0.3 is 14.4 Å². The third kappa shape index (κ3) is 3.25. The predicted molar refractivity (Wildman–Crippen MR) is 80.2 cm³/mol. The van der Waals surface area contributed by atoms with Crippen molar-refractivity contribution in [3.05, 3.63) is 0 Å². The molecule has 0 radical (unpaired) electrons. The van der Waals surface area contributed by atoms with E-state index in [0.29, 0.717) is 19.1 Å². The van der Waals surface area contributed by atoms with Crippen molar-refractivity contribution in [2.45, 2.75) is 50.6 Å². The molecule has 3 rings (SSSR count). The summed E-state index contributed by atoms with van der Waals surface area (Å²) in [5.74, 6) is -0.0320. The van der Waals surface area contributed by atoms with Crippen molar-refractivity contribution in [3.63, 3.8) is 0 Å². The monoisotopic (exact) mass is 296 g/mol. The quantitative estimate of drug-likeness (QED) is 0.731. The molecule has 0 amide bonds. The Morgan fingerprint density at radius 1 is 1.29 bits per heavy atom. The second-order valence-electron chi connectivity index (χ2n) is 6.59. The Balaban J connectivity index is 1.74. The molecule has 3 fully saturated rings. The van der Waals surface area contributed by atoms with Crippen molar-refractivity contribution in [3.8, 4) is 0 Å². The highest BCUT2D eigenvalue weighted by molar-refractivity contribution is 5.71. The lowest BCUT2D eigenvalue weighted by Crippen LogP contribution is -2.60. The largest absolute Gasteiger partial charge is 0.466 e. The van der Waals surface area contributed by atoms with Gasteiger partial charge in [-0.1, -0.05) is 0 Å². The number of ether oxygens (including phenoxy) is 2. The van der Waals surface area contributed by atoms with E-state index in [4.69, 9.17) is 9.47 Å². The highest BCUT2D eigenvalue weighted by atomic mass is 16.5. The fourth-order valence-electron chi connectivity index (χ4n) is 4.39. The highest BCUT2D eigenvalue weighted by Crippen LogP contribution is 2.39. The molecule has 0 N–H and O–H groups in total. The summed E-state index contributed by atoms with van der Waals surface area (Å²) in [6.45, 7) is 8.22. The first-order valence-electron chi connectivity index (χ1n) is 8.46. The van der Waals surface area contributed by atoms with Crippen molar-refractivity contribution in [1.82, 2.24) is 9.80 Å². The Morgan fingerprint density at radius 3 is 2.86 bits per heavy atom. The van der Waals surface area contributed by atoms with Crippen LogP contribution in [-0.4, -0.2) is 73.3 Å². The molecule has 2 atom stereocenters. The average Bonchev–Trinajstić information content (AvgIpc) is 2.95. The lowest BCUT2D eigenvalue weighted by atomic mass is 9.79. The Kier molecular flexibility index (Phi) is 4.82. The van der Waals surface area contributed by atoms with Crippen LogP contribution in [0.4, 0.5) is 0 Å². The first kappa shape index (κ1) is 15.3. The third-order valence-corrected chi connectivity index (χ3v) is 5.44. The zero-order chi connectivity index (χ0) is 14.7. The van der Waals surface area contributed by atoms with Gasteiger partial charge in [0.05, 0.1) is 26.2 Å². The van der Waals surface area contributed by atoms with E-state index in [1.165, 1.54) is 19.4 Å². The molecule has 5 heteroatoms. The van der Waals surface area contributed by atoms with Crippen LogP contribution in [0.25, 0.3) is 0 Å². The fourth-order valence-corrected chi connectivity index (χ4v) is 4.39. The molecular formula is C16H28N2O3. The predicted octanol–water partition coefficient (Wildman–Crippen LogP) is 1.27. The van der Waals surface area contributed by atoms with Crippen LogP contribution in [0.5, 0.6) is 0 Å². The summed E-state index contributed by atoms with van der Waals surface area (Å²) in [6.07, 6.45) is 5.34. The molecule has 0 spiro atoms. The maximum Gasteiger partial charge on any atom is 0.307 e. The molecule has 3 aliphatic heterocycles. The van der Waals surface area contributed by atoms with Gasteiger partial charge in [-0.2, -0.15) is 0 Å². The number of esters is 1. The number of piperidine rings is 1. The molecule has 3 heterocycles. The zero-order valence-electron chi connectivity index (χ0n) is 13.2. The Bertz CT molecular complexity index is 371. The number of hydrogen-bond acceptors (Lipinski definition) is 5. The summed E-state index contributed by atoms with van der Waals surface area (Å²) in [7, 11) is 0. The zero-order valence-corrected chi connectivity index (χ0v) is 13.2. The number of carbonyl (C=O) groups is 1. The van der Waals surface area contributed by atoms with Crippen LogP contribution in [0.2, 0.25) is 0 Å². The lowest BCUT2D eigenvalue weighted by Gasteiger charge is -2.51. The number of hydrogen-bond donors (Lipinski definition) is 0. The number of fused-ring (bicyclic) bond motifs is 1.